The Hall–Kier alpha value is -3.48. The van der Waals surface area contributed by atoms with Crippen molar-refractivity contribution in [1.29, 1.82) is 10.8 Å². The Labute approximate surface area is 461 Å². The highest BCUT2D eigenvalue weighted by Crippen LogP contribution is 2.42. The molecule has 0 aromatic carbocycles. The topological polar surface area (TPSA) is 140 Å². The average Bonchev–Trinajstić information content (AvgIpc) is 4.25. The standard InChI is InChI=1S/C56H70N6O2S8/c1-7-11-15-17-21-33(19-13-9-3)27-35-29-43(69-41(35)31-37-23-25-39(67-37)51-53(63)61(5)55(65)71-51)45-47(57)49(59)46(50(60)48(45)58)44-30-36(28-34(20-14-10-4)22-18-16-12-8-2)42(70-44)32-38-24-26-40(68-38)52-54(64)62(6)56(66)72-52/h23-26,29-34,57,59H,7-22,27-28,58,60H2,1-6H3/b37-31+,38-32+,51-39+,52-40+,57-47?,59-49?. The molecule has 72 heavy (non-hydrogen) atoms. The van der Waals surface area contributed by atoms with Crippen molar-refractivity contribution < 1.29 is 9.59 Å². The van der Waals surface area contributed by atoms with Crippen molar-refractivity contribution in [3.05, 3.63) is 96.6 Å². The second-order valence-corrected chi connectivity index (χ2v) is 27.0. The lowest BCUT2D eigenvalue weighted by molar-refractivity contribution is -0.120. The molecule has 0 radical (unpaired) electrons. The number of thiophene rings is 4. The third kappa shape index (κ3) is 13.3. The number of carbonyl (C=O) groups is 2. The molecule has 2 unspecified atom stereocenters. The number of nitrogens with one attached hydrogen (secondary N) is 2. The van der Waals surface area contributed by atoms with Gasteiger partial charge in [-0.2, -0.15) is 0 Å². The zero-order chi connectivity index (χ0) is 51.6. The second kappa shape index (κ2) is 26.3. The van der Waals surface area contributed by atoms with Gasteiger partial charge in [0.15, 0.2) is 0 Å². The molecule has 2 atom stereocenters. The van der Waals surface area contributed by atoms with Gasteiger partial charge in [-0.3, -0.25) is 30.2 Å². The van der Waals surface area contributed by atoms with Gasteiger partial charge in [-0.1, -0.05) is 178 Å². The minimum Gasteiger partial charge on any atom is -0.396 e. The molecule has 8 nitrogen and oxygen atoms in total. The molecular formula is C56H70N6O2S8. The van der Waals surface area contributed by atoms with Crippen LogP contribution in [0.2, 0.25) is 0 Å². The third-order valence-electron chi connectivity index (χ3n) is 13.8. The molecular weight excluding hydrogens is 1050 g/mol. The average molecular weight is 1120 g/mol. The molecule has 0 saturated carbocycles. The van der Waals surface area contributed by atoms with Gasteiger partial charge in [-0.25, -0.2) is 0 Å². The fourth-order valence-electron chi connectivity index (χ4n) is 9.56. The van der Waals surface area contributed by atoms with E-state index in [-0.39, 0.29) is 23.2 Å². The van der Waals surface area contributed by atoms with Crippen molar-refractivity contribution in [1.82, 2.24) is 9.80 Å². The molecule has 384 valence electrons. The van der Waals surface area contributed by atoms with Crippen LogP contribution in [0.25, 0.3) is 33.1 Å². The van der Waals surface area contributed by atoms with Gasteiger partial charge in [-0.15, -0.1) is 45.3 Å². The zero-order valence-corrected chi connectivity index (χ0v) is 49.2. The third-order valence-corrected chi connectivity index (χ3v) is 21.6. The summed E-state index contributed by atoms with van der Waals surface area (Å²) >= 11 is 20.0. The van der Waals surface area contributed by atoms with Crippen LogP contribution in [0.15, 0.2) is 47.8 Å². The van der Waals surface area contributed by atoms with Gasteiger partial charge in [0.2, 0.25) is 0 Å². The van der Waals surface area contributed by atoms with Crippen LogP contribution in [0.5, 0.6) is 0 Å². The monoisotopic (exact) mass is 1110 g/mol. The lowest BCUT2D eigenvalue weighted by Crippen LogP contribution is -2.29. The minimum absolute atomic E-state index is 0.0702. The van der Waals surface area contributed by atoms with E-state index < -0.39 is 0 Å². The lowest BCUT2D eigenvalue weighted by atomic mass is 9.86. The van der Waals surface area contributed by atoms with Crippen LogP contribution in [0.4, 0.5) is 0 Å². The Morgan fingerprint density at radius 1 is 0.556 bits per heavy atom. The molecule has 0 bridgehead atoms. The SMILES string of the molecule is CCCCCCC(CCCC)Cc1cc(C2=C(N)C(N)=C(c3cc(CC(CCCC)CCCCCC)c(/C=c4\cc/c(=C5\SC(=S)N(C)C5=O)s4)s3)C(=N)C2=N)sc1/C=c1\cc/c(=C2\SC(=S)N(C)C2=O)s1. The highest BCUT2D eigenvalue weighted by Gasteiger charge is 2.34. The molecule has 4 aromatic heterocycles. The van der Waals surface area contributed by atoms with E-state index in [0.717, 1.165) is 76.2 Å². The van der Waals surface area contributed by atoms with Crippen LogP contribution in [-0.2, 0) is 22.4 Å². The van der Waals surface area contributed by atoms with E-state index in [0.29, 0.717) is 52.8 Å². The normalized spacial score (nSPS) is 18.7. The van der Waals surface area contributed by atoms with Gasteiger partial charge in [0.1, 0.15) is 8.64 Å². The molecule has 6 N–H and O–H groups in total. The van der Waals surface area contributed by atoms with Gasteiger partial charge < -0.3 is 11.5 Å². The van der Waals surface area contributed by atoms with Crippen LogP contribution >= 0.6 is 93.3 Å². The van der Waals surface area contributed by atoms with Gasteiger partial charge in [0.25, 0.3) is 11.8 Å². The number of allylic oxidation sites excluding steroid dienone is 2. The smallest absolute Gasteiger partial charge is 0.267 e. The van der Waals surface area contributed by atoms with E-state index in [9.17, 15) is 20.4 Å². The highest BCUT2D eigenvalue weighted by atomic mass is 32.2. The van der Waals surface area contributed by atoms with Gasteiger partial charge >= 0.3 is 0 Å². The predicted octanol–water partition coefficient (Wildman–Crippen LogP) is 12.5. The second-order valence-electron chi connectivity index (χ2n) is 19.3. The van der Waals surface area contributed by atoms with Crippen molar-refractivity contribution in [3.63, 3.8) is 0 Å². The summed E-state index contributed by atoms with van der Waals surface area (Å²) in [5.74, 6) is 0.892. The summed E-state index contributed by atoms with van der Waals surface area (Å²) in [7, 11) is 3.45. The Morgan fingerprint density at radius 3 is 1.28 bits per heavy atom. The fraction of sp³-hybridized carbons (Fsp3) is 0.464. The van der Waals surface area contributed by atoms with Crippen LogP contribution in [0.3, 0.4) is 0 Å². The number of nitrogens with zero attached hydrogens (tertiary/aromatic N) is 2. The van der Waals surface area contributed by atoms with Crippen molar-refractivity contribution in [2.45, 2.75) is 143 Å². The number of thiocarbonyl (C=S) groups is 2. The predicted molar refractivity (Wildman–Crippen MR) is 324 cm³/mol. The maximum Gasteiger partial charge on any atom is 0.267 e. The summed E-state index contributed by atoms with van der Waals surface area (Å²) in [6.07, 6.45) is 25.4. The largest absolute Gasteiger partial charge is 0.396 e. The molecule has 2 aliphatic heterocycles. The van der Waals surface area contributed by atoms with Crippen molar-refractivity contribution in [3.8, 4) is 0 Å². The summed E-state index contributed by atoms with van der Waals surface area (Å²) in [6, 6.07) is 12.6. The summed E-state index contributed by atoms with van der Waals surface area (Å²) < 4.78 is 4.98. The first-order chi connectivity index (χ1) is 34.7. The van der Waals surface area contributed by atoms with Crippen molar-refractivity contribution in [2.24, 2.45) is 23.3 Å². The highest BCUT2D eigenvalue weighted by molar-refractivity contribution is 8.30. The molecule has 16 heteroatoms. The quantitative estimate of drug-likeness (QED) is 0.0309. The molecule has 4 aromatic rings. The molecule has 6 heterocycles. The minimum atomic E-state index is -0.0702. The summed E-state index contributed by atoms with van der Waals surface area (Å²) in [6.45, 7) is 9.03. The van der Waals surface area contributed by atoms with E-state index in [1.165, 1.54) is 122 Å². The molecule has 2 saturated heterocycles. The maximum atomic E-state index is 13.1. The van der Waals surface area contributed by atoms with Gasteiger partial charge in [0.05, 0.1) is 32.6 Å². The Bertz CT molecular complexity index is 2840. The van der Waals surface area contributed by atoms with Crippen LogP contribution in [0.1, 0.15) is 161 Å². The van der Waals surface area contributed by atoms with Gasteiger partial charge in [0, 0.05) is 62.9 Å². The number of hydrogen-bond donors (Lipinski definition) is 4. The van der Waals surface area contributed by atoms with Crippen LogP contribution in [-0.4, -0.2) is 55.8 Å². The van der Waals surface area contributed by atoms with Crippen LogP contribution in [0, 0.1) is 22.7 Å². The number of amides is 2. The Kier molecular flexibility index (Phi) is 20.6. The first-order valence-corrected chi connectivity index (χ1v) is 31.5. The van der Waals surface area contributed by atoms with E-state index in [2.05, 4.69) is 64.1 Å². The van der Waals surface area contributed by atoms with Crippen LogP contribution < -0.4 is 29.6 Å². The first-order valence-electron chi connectivity index (χ1n) is 25.7. The van der Waals surface area contributed by atoms with Crippen molar-refractivity contribution in [2.75, 3.05) is 14.1 Å². The van der Waals surface area contributed by atoms with Crippen molar-refractivity contribution >= 4 is 158 Å². The maximum absolute atomic E-state index is 13.1. The Morgan fingerprint density at radius 2 is 0.931 bits per heavy atom. The Balaban J connectivity index is 1.32. The number of carbonyl (C=O) groups excluding carboxylic acids is 2. The van der Waals surface area contributed by atoms with E-state index in [1.54, 1.807) is 59.4 Å². The first kappa shape index (κ1) is 56.3. The number of nitrogens with two attached hydrogens (primary N) is 2. The molecule has 2 fully saturated rings. The number of thioether (sulfide) groups is 2. The van der Waals surface area contributed by atoms with Gasteiger partial charge in [-0.05, 0) is 84.4 Å². The van der Waals surface area contributed by atoms with E-state index in [4.69, 9.17) is 35.9 Å². The van der Waals surface area contributed by atoms with E-state index >= 15 is 0 Å². The molecule has 2 amide bonds. The molecule has 7 rings (SSSR count). The molecule has 3 aliphatic rings. The molecule has 0 spiro atoms. The lowest BCUT2D eigenvalue weighted by Gasteiger charge is -2.22. The number of unbranched alkanes of at least 4 members (excludes halogenated alkanes) is 8. The van der Waals surface area contributed by atoms with E-state index in [1.807, 2.05) is 12.1 Å². The fourth-order valence-corrected chi connectivity index (χ4v) is 16.6. The molecule has 1 aliphatic carbocycles. The summed E-state index contributed by atoms with van der Waals surface area (Å²) in [4.78, 5) is 34.4. The number of rotatable bonds is 24. The zero-order valence-electron chi connectivity index (χ0n) is 42.6. The summed E-state index contributed by atoms with van der Waals surface area (Å²) in [5, 5.41) is 19.4. The summed E-state index contributed by atoms with van der Waals surface area (Å²) in [5.41, 5.74) is 18.6. The number of hydrogen-bond acceptors (Lipinski definition) is 14.